The molecule has 196 valence electrons. The van der Waals surface area contributed by atoms with Crippen molar-refractivity contribution in [1.82, 2.24) is 5.32 Å². The third kappa shape index (κ3) is 8.52. The second-order valence-corrected chi connectivity index (χ2v) is 9.72. The zero-order valence-corrected chi connectivity index (χ0v) is 22.4. The fraction of sp³-hybridized carbons (Fsp3) is 0.121. The van der Waals surface area contributed by atoms with E-state index in [1.165, 1.54) is 5.56 Å². The predicted octanol–water partition coefficient (Wildman–Crippen LogP) is 6.80. The third-order valence-corrected chi connectivity index (χ3v) is 6.35. The summed E-state index contributed by atoms with van der Waals surface area (Å²) >= 11 is 5.99. The van der Waals surface area contributed by atoms with Gasteiger partial charge >= 0.3 is 0 Å². The molecule has 0 saturated carbocycles. The number of nitrogens with one attached hydrogen (secondary N) is 2. The molecule has 39 heavy (non-hydrogen) atoms. The highest BCUT2D eigenvalue weighted by Crippen LogP contribution is 2.16. The summed E-state index contributed by atoms with van der Waals surface area (Å²) in [7, 11) is 0. The molecule has 0 atom stereocenters. The fourth-order valence-corrected chi connectivity index (χ4v) is 4.17. The normalized spacial score (nSPS) is 11.1. The van der Waals surface area contributed by atoms with E-state index in [2.05, 4.69) is 16.7 Å². The highest BCUT2D eigenvalue weighted by Gasteiger charge is 2.15. The molecular formula is C33H29ClN2O3. The maximum Gasteiger partial charge on any atom is 0.272 e. The van der Waals surface area contributed by atoms with Gasteiger partial charge in [-0.15, -0.1) is 0 Å². The van der Waals surface area contributed by atoms with Crippen LogP contribution >= 0.6 is 11.6 Å². The van der Waals surface area contributed by atoms with E-state index >= 15 is 0 Å². The van der Waals surface area contributed by atoms with E-state index < -0.39 is 11.8 Å². The summed E-state index contributed by atoms with van der Waals surface area (Å²) in [5.41, 5.74) is 4.98. The van der Waals surface area contributed by atoms with Crippen LogP contribution in [0.15, 0.2) is 109 Å². The number of hydrogen-bond acceptors (Lipinski definition) is 3. The van der Waals surface area contributed by atoms with Gasteiger partial charge in [-0.2, -0.15) is 0 Å². The van der Waals surface area contributed by atoms with Gasteiger partial charge in [0.25, 0.3) is 11.8 Å². The van der Waals surface area contributed by atoms with Gasteiger partial charge < -0.3 is 10.6 Å². The number of carbonyl (C=O) groups is 3. The molecule has 2 N–H and O–H groups in total. The van der Waals surface area contributed by atoms with Crippen molar-refractivity contribution in [3.8, 4) is 0 Å². The predicted molar refractivity (Wildman–Crippen MR) is 157 cm³/mol. The standard InChI is InChI=1S/C33H29ClN2O3/c1-23-6-5-7-24(20-23)14-19-30(37)21-25-12-17-29(18-13-25)35-33(39)31(22-26-10-15-28(34)16-11-26)36-32(38)27-8-3-2-4-9-27/h2-13,15-18,20,22H,14,19,21H2,1H3,(H,35,39)(H,36,38)/b31-22-. The first-order valence-electron chi connectivity index (χ1n) is 12.7. The van der Waals surface area contributed by atoms with Crippen LogP contribution in [0.25, 0.3) is 6.08 Å². The number of hydrogen-bond donors (Lipinski definition) is 2. The molecule has 4 aromatic rings. The lowest BCUT2D eigenvalue weighted by Crippen LogP contribution is -2.30. The second-order valence-electron chi connectivity index (χ2n) is 9.29. The fourth-order valence-electron chi connectivity index (χ4n) is 4.04. The van der Waals surface area contributed by atoms with E-state index in [0.717, 1.165) is 11.1 Å². The Balaban J connectivity index is 1.40. The number of halogens is 1. The number of benzene rings is 4. The average molecular weight is 537 g/mol. The van der Waals surface area contributed by atoms with Crippen molar-refractivity contribution in [2.24, 2.45) is 0 Å². The molecule has 4 aromatic carbocycles. The van der Waals surface area contributed by atoms with Crippen LogP contribution in [-0.2, 0) is 22.4 Å². The second kappa shape index (κ2) is 13.4. The Hall–Kier alpha value is -4.48. The lowest BCUT2D eigenvalue weighted by molar-refractivity contribution is -0.118. The Morgan fingerprint density at radius 3 is 2.21 bits per heavy atom. The summed E-state index contributed by atoms with van der Waals surface area (Å²) in [5.74, 6) is -0.716. The molecule has 0 bridgehead atoms. The van der Waals surface area contributed by atoms with Gasteiger partial charge in [-0.1, -0.05) is 83.9 Å². The Kier molecular flexibility index (Phi) is 9.44. The number of aryl methyl sites for hydroxylation is 2. The summed E-state index contributed by atoms with van der Waals surface area (Å²) in [6.07, 6.45) is 3.11. The Morgan fingerprint density at radius 2 is 1.51 bits per heavy atom. The highest BCUT2D eigenvalue weighted by molar-refractivity contribution is 6.30. The minimum absolute atomic E-state index is 0.0848. The lowest BCUT2D eigenvalue weighted by Gasteiger charge is -2.12. The molecule has 0 heterocycles. The maximum atomic E-state index is 13.2. The molecule has 0 aliphatic rings. The van der Waals surface area contributed by atoms with E-state index in [1.807, 2.05) is 43.3 Å². The van der Waals surface area contributed by atoms with Crippen LogP contribution in [0.1, 0.15) is 39.0 Å². The molecule has 0 aromatic heterocycles. The van der Waals surface area contributed by atoms with Crippen LogP contribution in [0, 0.1) is 6.92 Å². The first-order valence-corrected chi connectivity index (χ1v) is 13.0. The van der Waals surface area contributed by atoms with Crippen molar-refractivity contribution in [2.75, 3.05) is 5.32 Å². The van der Waals surface area contributed by atoms with Crippen LogP contribution in [0.4, 0.5) is 5.69 Å². The van der Waals surface area contributed by atoms with Gasteiger partial charge in [-0.05, 0) is 72.5 Å². The van der Waals surface area contributed by atoms with Crippen molar-refractivity contribution < 1.29 is 14.4 Å². The van der Waals surface area contributed by atoms with Crippen molar-refractivity contribution in [1.29, 1.82) is 0 Å². The molecule has 0 unspecified atom stereocenters. The smallest absolute Gasteiger partial charge is 0.272 e. The van der Waals surface area contributed by atoms with E-state index in [-0.39, 0.29) is 11.5 Å². The van der Waals surface area contributed by atoms with Gasteiger partial charge in [0.1, 0.15) is 11.5 Å². The highest BCUT2D eigenvalue weighted by atomic mass is 35.5. The molecule has 4 rings (SSSR count). The van der Waals surface area contributed by atoms with Crippen LogP contribution < -0.4 is 10.6 Å². The van der Waals surface area contributed by atoms with E-state index in [9.17, 15) is 14.4 Å². The minimum atomic E-state index is -0.476. The van der Waals surface area contributed by atoms with E-state index in [1.54, 1.807) is 66.7 Å². The van der Waals surface area contributed by atoms with Crippen LogP contribution in [0.3, 0.4) is 0 Å². The Labute approximate surface area is 233 Å². The molecule has 6 heteroatoms. The number of carbonyl (C=O) groups excluding carboxylic acids is 3. The minimum Gasteiger partial charge on any atom is -0.321 e. The van der Waals surface area contributed by atoms with E-state index in [4.69, 9.17) is 11.6 Å². The third-order valence-electron chi connectivity index (χ3n) is 6.10. The molecule has 2 amide bonds. The molecular weight excluding hydrogens is 508 g/mol. The lowest BCUT2D eigenvalue weighted by atomic mass is 10.0. The monoisotopic (exact) mass is 536 g/mol. The summed E-state index contributed by atoms with van der Waals surface area (Å²) in [4.78, 5) is 38.5. The van der Waals surface area contributed by atoms with Crippen molar-refractivity contribution in [3.63, 3.8) is 0 Å². The summed E-state index contributed by atoms with van der Waals surface area (Å²) in [6.45, 7) is 2.04. The first kappa shape index (κ1) is 27.6. The van der Waals surface area contributed by atoms with Crippen molar-refractivity contribution >= 4 is 41.0 Å². The van der Waals surface area contributed by atoms with Gasteiger partial charge in [-0.3, -0.25) is 14.4 Å². The molecule has 0 spiro atoms. The average Bonchev–Trinajstić information content (AvgIpc) is 2.94. The number of Topliss-reactive ketones (excluding diaryl/α,β-unsaturated/α-hetero) is 1. The summed E-state index contributed by atoms with van der Waals surface area (Å²) in [5, 5.41) is 6.12. The maximum absolute atomic E-state index is 13.2. The summed E-state index contributed by atoms with van der Waals surface area (Å²) < 4.78 is 0. The van der Waals surface area contributed by atoms with Crippen molar-refractivity contribution in [2.45, 2.75) is 26.2 Å². The first-order chi connectivity index (χ1) is 18.9. The Morgan fingerprint density at radius 1 is 0.795 bits per heavy atom. The summed E-state index contributed by atoms with van der Waals surface area (Å²) in [6, 6.07) is 31.0. The quantitative estimate of drug-likeness (QED) is 0.219. The topological polar surface area (TPSA) is 75.3 Å². The van der Waals surface area contributed by atoms with Gasteiger partial charge in [0.05, 0.1) is 0 Å². The van der Waals surface area contributed by atoms with Crippen molar-refractivity contribution in [3.05, 3.63) is 142 Å². The zero-order valence-electron chi connectivity index (χ0n) is 21.6. The molecule has 0 fully saturated rings. The molecule has 0 aliphatic carbocycles. The van der Waals surface area contributed by atoms with E-state index in [0.29, 0.717) is 41.1 Å². The molecule has 0 radical (unpaired) electrons. The van der Waals surface area contributed by atoms with Gasteiger partial charge in [0.15, 0.2) is 0 Å². The van der Waals surface area contributed by atoms with Gasteiger partial charge in [0.2, 0.25) is 0 Å². The Bertz CT molecular complexity index is 1480. The molecule has 0 saturated heterocycles. The van der Waals surface area contributed by atoms with Gasteiger partial charge in [-0.25, -0.2) is 0 Å². The van der Waals surface area contributed by atoms with Crippen LogP contribution in [0.5, 0.6) is 0 Å². The van der Waals surface area contributed by atoms with Gasteiger partial charge in [0, 0.05) is 29.1 Å². The number of rotatable bonds is 10. The number of amides is 2. The SMILES string of the molecule is Cc1cccc(CCC(=O)Cc2ccc(NC(=O)/C(=C/c3ccc(Cl)cc3)NC(=O)c3ccccc3)cc2)c1. The largest absolute Gasteiger partial charge is 0.321 e. The number of ketones is 1. The number of anilines is 1. The molecule has 0 aliphatic heterocycles. The van der Waals surface area contributed by atoms with Crippen LogP contribution in [0.2, 0.25) is 5.02 Å². The van der Waals surface area contributed by atoms with Crippen LogP contribution in [-0.4, -0.2) is 17.6 Å². The zero-order chi connectivity index (χ0) is 27.6. The molecule has 5 nitrogen and oxygen atoms in total.